The number of carbonyl (C=O) groups excluding carboxylic acids is 2. The Labute approximate surface area is 183 Å². The fourth-order valence-corrected chi connectivity index (χ4v) is 3.32. The van der Waals surface area contributed by atoms with E-state index in [2.05, 4.69) is 15.6 Å². The third-order valence-electron chi connectivity index (χ3n) is 4.24. The number of amidine groups is 1. The molecule has 30 heavy (non-hydrogen) atoms. The van der Waals surface area contributed by atoms with Gasteiger partial charge in [0.25, 0.3) is 11.8 Å². The molecule has 0 fully saturated rings. The lowest BCUT2D eigenvalue weighted by Gasteiger charge is -2.07. The number of amides is 2. The lowest BCUT2D eigenvalue weighted by molar-refractivity contribution is -0.117. The van der Waals surface area contributed by atoms with Gasteiger partial charge in [0, 0.05) is 29.8 Å². The number of hydrogen-bond acceptors (Lipinski definition) is 5. The molecule has 2 amide bonds. The molecule has 0 saturated heterocycles. The van der Waals surface area contributed by atoms with Gasteiger partial charge in [-0.15, -0.1) is 0 Å². The second-order valence-corrected chi connectivity index (χ2v) is 7.01. The van der Waals surface area contributed by atoms with Crippen LogP contribution in [0.25, 0.3) is 5.70 Å². The summed E-state index contributed by atoms with van der Waals surface area (Å²) in [5, 5.41) is 15.5. The summed E-state index contributed by atoms with van der Waals surface area (Å²) in [5.74, 6) is -0.847. The molecule has 9 heteroatoms. The molecule has 3 rings (SSSR count). The van der Waals surface area contributed by atoms with Crippen LogP contribution in [0.4, 0.5) is 0 Å². The molecule has 2 aromatic carbocycles. The summed E-state index contributed by atoms with van der Waals surface area (Å²) in [4.78, 5) is 29.5. The van der Waals surface area contributed by atoms with Crippen molar-refractivity contribution in [3.05, 3.63) is 74.8 Å². The van der Waals surface area contributed by atoms with E-state index in [0.29, 0.717) is 22.8 Å². The third kappa shape index (κ3) is 4.52. The number of hydrogen-bond donors (Lipinski definition) is 2. The molecule has 0 aliphatic carbocycles. The smallest absolute Gasteiger partial charge is 0.264 e. The lowest BCUT2D eigenvalue weighted by atomic mass is 10.0. The van der Waals surface area contributed by atoms with Crippen molar-refractivity contribution in [2.75, 3.05) is 20.3 Å². The molecule has 2 N–H and O–H groups in total. The number of carbonyl (C=O) groups is 2. The molecule has 0 radical (unpaired) electrons. The third-order valence-corrected chi connectivity index (χ3v) is 4.78. The van der Waals surface area contributed by atoms with E-state index in [1.54, 1.807) is 30.3 Å². The first-order chi connectivity index (χ1) is 14.5. The fourth-order valence-electron chi connectivity index (χ4n) is 2.83. The van der Waals surface area contributed by atoms with Crippen molar-refractivity contribution in [2.24, 2.45) is 4.99 Å². The SMILES string of the molecule is COCCNC(=O)C(C#N)=C1N=C(NC(=O)c2ccc(Cl)cc2Cl)c2ccccc21. The number of nitrogens with one attached hydrogen (secondary N) is 2. The van der Waals surface area contributed by atoms with E-state index in [0.717, 1.165) is 0 Å². The molecule has 1 aliphatic rings. The van der Waals surface area contributed by atoms with Crippen LogP contribution in [0, 0.1) is 11.3 Å². The Balaban J connectivity index is 1.96. The summed E-state index contributed by atoms with van der Waals surface area (Å²) in [7, 11) is 1.51. The van der Waals surface area contributed by atoms with Gasteiger partial charge in [-0.1, -0.05) is 47.5 Å². The standard InChI is InChI=1S/C21H16Cl2N4O3/c1-30-9-8-25-20(28)16(11-24)18-13-4-2-3-5-14(13)19(26-18)27-21(29)15-7-6-12(22)10-17(15)23/h2-7,10H,8-9H2,1H3,(H,25,28)(H,26,27,29). The highest BCUT2D eigenvalue weighted by Crippen LogP contribution is 2.31. The number of ether oxygens (including phenoxy) is 1. The lowest BCUT2D eigenvalue weighted by Crippen LogP contribution is -2.30. The van der Waals surface area contributed by atoms with Gasteiger partial charge in [-0.3, -0.25) is 9.59 Å². The van der Waals surface area contributed by atoms with Crippen molar-refractivity contribution in [1.82, 2.24) is 10.6 Å². The van der Waals surface area contributed by atoms with Crippen molar-refractivity contribution < 1.29 is 14.3 Å². The van der Waals surface area contributed by atoms with Crippen molar-refractivity contribution in [3.63, 3.8) is 0 Å². The number of nitrogens with zero attached hydrogens (tertiary/aromatic N) is 2. The van der Waals surface area contributed by atoms with Gasteiger partial charge in [0.1, 0.15) is 17.5 Å². The average Bonchev–Trinajstić information content (AvgIpc) is 3.07. The molecule has 2 aromatic rings. The van der Waals surface area contributed by atoms with Crippen molar-refractivity contribution in [1.29, 1.82) is 5.26 Å². The number of methoxy groups -OCH3 is 1. The molecule has 1 aliphatic heterocycles. The Morgan fingerprint density at radius 3 is 2.57 bits per heavy atom. The molecule has 0 bridgehead atoms. The second-order valence-electron chi connectivity index (χ2n) is 6.17. The summed E-state index contributed by atoms with van der Waals surface area (Å²) < 4.78 is 4.90. The van der Waals surface area contributed by atoms with Crippen molar-refractivity contribution in [3.8, 4) is 6.07 Å². The predicted molar refractivity (Wildman–Crippen MR) is 114 cm³/mol. The van der Waals surface area contributed by atoms with Crippen LogP contribution < -0.4 is 10.6 Å². The zero-order valence-electron chi connectivity index (χ0n) is 15.8. The normalized spacial score (nSPS) is 13.7. The van der Waals surface area contributed by atoms with E-state index in [-0.39, 0.29) is 34.2 Å². The van der Waals surface area contributed by atoms with Crippen LogP contribution >= 0.6 is 23.2 Å². The maximum Gasteiger partial charge on any atom is 0.264 e. The number of aliphatic imine (C=N–C) groups is 1. The van der Waals surface area contributed by atoms with Crippen molar-refractivity contribution in [2.45, 2.75) is 0 Å². The second kappa shape index (κ2) is 9.55. The van der Waals surface area contributed by atoms with E-state index in [4.69, 9.17) is 27.9 Å². The minimum atomic E-state index is -0.573. The van der Waals surface area contributed by atoms with Gasteiger partial charge in [-0.25, -0.2) is 4.99 Å². The number of halogens is 2. The first-order valence-electron chi connectivity index (χ1n) is 8.82. The number of benzene rings is 2. The molecule has 7 nitrogen and oxygen atoms in total. The Morgan fingerprint density at radius 2 is 1.90 bits per heavy atom. The van der Waals surface area contributed by atoms with Crippen LogP contribution in [0.2, 0.25) is 10.0 Å². The maximum absolute atomic E-state index is 12.7. The Hall–Kier alpha value is -3.18. The first kappa shape index (κ1) is 21.5. The molecule has 0 spiro atoms. The van der Waals surface area contributed by atoms with E-state index in [1.807, 2.05) is 6.07 Å². The average molecular weight is 443 g/mol. The number of nitriles is 1. The van der Waals surface area contributed by atoms with Crippen molar-refractivity contribution >= 4 is 46.5 Å². The minimum absolute atomic E-state index is 0.160. The quantitative estimate of drug-likeness (QED) is 0.421. The van der Waals surface area contributed by atoms with Crippen LogP contribution in [-0.2, 0) is 9.53 Å². The monoisotopic (exact) mass is 442 g/mol. The highest BCUT2D eigenvalue weighted by atomic mass is 35.5. The van der Waals surface area contributed by atoms with E-state index in [1.165, 1.54) is 19.2 Å². The summed E-state index contributed by atoms with van der Waals surface area (Å²) in [5.41, 5.74) is 1.39. The van der Waals surface area contributed by atoms with Crippen LogP contribution in [0.1, 0.15) is 21.5 Å². The summed E-state index contributed by atoms with van der Waals surface area (Å²) in [6.07, 6.45) is 0. The number of fused-ring (bicyclic) bond motifs is 1. The Kier molecular flexibility index (Phi) is 6.85. The van der Waals surface area contributed by atoms with Gasteiger partial charge in [-0.2, -0.15) is 5.26 Å². The molecule has 152 valence electrons. The van der Waals surface area contributed by atoms with Gasteiger partial charge in [-0.05, 0) is 18.2 Å². The highest BCUT2D eigenvalue weighted by molar-refractivity contribution is 6.37. The topological polar surface area (TPSA) is 104 Å². The van der Waals surface area contributed by atoms with Gasteiger partial charge in [0.05, 0.1) is 22.9 Å². The molecule has 0 unspecified atom stereocenters. The van der Waals surface area contributed by atoms with Gasteiger partial charge in [0.2, 0.25) is 0 Å². The zero-order valence-corrected chi connectivity index (χ0v) is 17.3. The largest absolute Gasteiger partial charge is 0.383 e. The van der Waals surface area contributed by atoms with Gasteiger partial charge < -0.3 is 15.4 Å². The van der Waals surface area contributed by atoms with E-state index >= 15 is 0 Å². The molecular formula is C21H16Cl2N4O3. The van der Waals surface area contributed by atoms with Crippen LogP contribution in [0.15, 0.2) is 53.0 Å². The summed E-state index contributed by atoms with van der Waals surface area (Å²) in [6.45, 7) is 0.556. The predicted octanol–water partition coefficient (Wildman–Crippen LogP) is 3.18. The van der Waals surface area contributed by atoms with E-state index in [9.17, 15) is 14.9 Å². The Bertz CT molecular complexity index is 1120. The van der Waals surface area contributed by atoms with Gasteiger partial charge >= 0.3 is 0 Å². The fraction of sp³-hybridized carbons (Fsp3) is 0.143. The summed E-state index contributed by atoms with van der Waals surface area (Å²) in [6, 6.07) is 13.4. The molecule has 1 heterocycles. The Morgan fingerprint density at radius 1 is 1.17 bits per heavy atom. The van der Waals surface area contributed by atoms with E-state index < -0.39 is 11.8 Å². The number of rotatable bonds is 5. The first-order valence-corrected chi connectivity index (χ1v) is 9.58. The molecule has 0 saturated carbocycles. The van der Waals surface area contributed by atoms with Crippen LogP contribution in [-0.4, -0.2) is 37.9 Å². The summed E-state index contributed by atoms with van der Waals surface area (Å²) >= 11 is 12.0. The molecule has 0 atom stereocenters. The maximum atomic E-state index is 12.7. The zero-order chi connectivity index (χ0) is 21.7. The van der Waals surface area contributed by atoms with Crippen LogP contribution in [0.5, 0.6) is 0 Å². The molecular weight excluding hydrogens is 427 g/mol. The molecule has 0 aromatic heterocycles. The highest BCUT2D eigenvalue weighted by Gasteiger charge is 2.27. The minimum Gasteiger partial charge on any atom is -0.383 e. The van der Waals surface area contributed by atoms with Crippen LogP contribution in [0.3, 0.4) is 0 Å². The van der Waals surface area contributed by atoms with Gasteiger partial charge in [0.15, 0.2) is 0 Å².